The standard InChI is InChI=1S/C7H14ClF3Si/c1-3-12(8,4-2)6-5-7(9,10)11/h3-6H2,1-2H3. The Labute approximate surface area is 76.8 Å². The van der Waals surface area contributed by atoms with Gasteiger partial charge in [0.2, 0.25) is 0 Å². The van der Waals surface area contributed by atoms with Gasteiger partial charge in [0.15, 0.2) is 7.38 Å². The summed E-state index contributed by atoms with van der Waals surface area (Å²) >= 11 is 6.05. The van der Waals surface area contributed by atoms with E-state index in [9.17, 15) is 13.2 Å². The van der Waals surface area contributed by atoms with Crippen molar-refractivity contribution in [3.8, 4) is 0 Å². The van der Waals surface area contributed by atoms with Crippen molar-refractivity contribution in [2.75, 3.05) is 0 Å². The Morgan fingerprint density at radius 3 is 1.83 bits per heavy atom. The van der Waals surface area contributed by atoms with E-state index in [0.717, 1.165) is 12.1 Å². The van der Waals surface area contributed by atoms with Crippen molar-refractivity contribution in [2.45, 2.75) is 44.6 Å². The molecule has 0 radical (unpaired) electrons. The summed E-state index contributed by atoms with van der Waals surface area (Å²) in [5, 5.41) is 0. The molecule has 0 aromatic carbocycles. The fourth-order valence-electron chi connectivity index (χ4n) is 0.969. The second-order valence-electron chi connectivity index (χ2n) is 2.97. The predicted octanol–water partition coefficient (Wildman–Crippen LogP) is 4.16. The van der Waals surface area contributed by atoms with Gasteiger partial charge >= 0.3 is 6.18 Å². The van der Waals surface area contributed by atoms with Crippen molar-refractivity contribution in [3.05, 3.63) is 0 Å². The fraction of sp³-hybridized carbons (Fsp3) is 1.00. The van der Waals surface area contributed by atoms with Gasteiger partial charge in [0.25, 0.3) is 0 Å². The van der Waals surface area contributed by atoms with Crippen molar-refractivity contribution < 1.29 is 13.2 Å². The van der Waals surface area contributed by atoms with Crippen LogP contribution in [0.2, 0.25) is 18.1 Å². The summed E-state index contributed by atoms with van der Waals surface area (Å²) in [5.74, 6) is 0. The van der Waals surface area contributed by atoms with Crippen LogP contribution in [0.1, 0.15) is 20.3 Å². The first kappa shape index (κ1) is 12.3. The Morgan fingerprint density at radius 1 is 1.17 bits per heavy atom. The van der Waals surface area contributed by atoms with Gasteiger partial charge in [0, 0.05) is 6.42 Å². The molecule has 0 heterocycles. The summed E-state index contributed by atoms with van der Waals surface area (Å²) in [6.07, 6.45) is -4.76. The minimum atomic E-state index is -4.04. The maximum atomic E-state index is 11.8. The quantitative estimate of drug-likeness (QED) is 0.491. The topological polar surface area (TPSA) is 0 Å². The first-order valence-electron chi connectivity index (χ1n) is 4.08. The lowest BCUT2D eigenvalue weighted by Gasteiger charge is -2.21. The lowest BCUT2D eigenvalue weighted by Crippen LogP contribution is -2.26. The molecule has 0 saturated heterocycles. The largest absolute Gasteiger partial charge is 0.388 e. The van der Waals surface area contributed by atoms with Gasteiger partial charge in [-0.1, -0.05) is 13.8 Å². The van der Waals surface area contributed by atoms with Gasteiger partial charge in [0.1, 0.15) is 0 Å². The molecule has 0 aliphatic carbocycles. The average Bonchev–Trinajstić information content (AvgIpc) is 1.99. The summed E-state index contributed by atoms with van der Waals surface area (Å²) in [6.45, 7) is 3.75. The molecule has 0 aliphatic heterocycles. The molecular weight excluding hydrogens is 205 g/mol. The number of alkyl halides is 3. The molecule has 0 aliphatic rings. The molecule has 0 amide bonds. The van der Waals surface area contributed by atoms with E-state index in [1.807, 2.05) is 13.8 Å². The minimum Gasteiger partial charge on any atom is -0.171 e. The molecule has 0 nitrogen and oxygen atoms in total. The highest BCUT2D eigenvalue weighted by Crippen LogP contribution is 2.32. The van der Waals surface area contributed by atoms with Gasteiger partial charge in [-0.15, -0.1) is 0 Å². The van der Waals surface area contributed by atoms with Crippen molar-refractivity contribution in [1.29, 1.82) is 0 Å². The van der Waals surface area contributed by atoms with E-state index in [1.165, 1.54) is 0 Å². The molecule has 0 N–H and O–H groups in total. The molecule has 0 rings (SSSR count). The zero-order valence-electron chi connectivity index (χ0n) is 7.34. The lowest BCUT2D eigenvalue weighted by atomic mass is 10.5. The van der Waals surface area contributed by atoms with Crippen molar-refractivity contribution in [2.24, 2.45) is 0 Å². The van der Waals surface area contributed by atoms with Crippen LogP contribution >= 0.6 is 11.1 Å². The molecule has 0 aromatic heterocycles. The van der Waals surface area contributed by atoms with Gasteiger partial charge in [0.05, 0.1) is 0 Å². The zero-order valence-corrected chi connectivity index (χ0v) is 9.10. The van der Waals surface area contributed by atoms with Crippen LogP contribution in [0.3, 0.4) is 0 Å². The van der Waals surface area contributed by atoms with E-state index < -0.39 is 20.0 Å². The van der Waals surface area contributed by atoms with Crippen LogP contribution in [0.25, 0.3) is 0 Å². The first-order valence-corrected chi connectivity index (χ1v) is 7.72. The summed E-state index contributed by atoms with van der Waals surface area (Å²) in [7, 11) is -2.05. The van der Waals surface area contributed by atoms with Crippen LogP contribution in [0.15, 0.2) is 0 Å². The lowest BCUT2D eigenvalue weighted by molar-refractivity contribution is -0.130. The molecule has 0 bridgehead atoms. The van der Waals surface area contributed by atoms with Crippen molar-refractivity contribution in [1.82, 2.24) is 0 Å². The molecule has 0 saturated carbocycles. The van der Waals surface area contributed by atoms with E-state index in [0.29, 0.717) is 0 Å². The Kier molecular flexibility index (Phi) is 4.62. The zero-order chi connectivity index (χ0) is 9.83. The molecule has 0 atom stereocenters. The fourth-order valence-corrected chi connectivity index (χ4v) is 3.19. The second-order valence-corrected chi connectivity index (χ2v) is 9.59. The molecule has 12 heavy (non-hydrogen) atoms. The van der Waals surface area contributed by atoms with E-state index >= 15 is 0 Å². The van der Waals surface area contributed by atoms with Crippen molar-refractivity contribution in [3.63, 3.8) is 0 Å². The minimum absolute atomic E-state index is 0.158. The van der Waals surface area contributed by atoms with Gasteiger partial charge in [-0.25, -0.2) is 0 Å². The van der Waals surface area contributed by atoms with E-state index in [1.54, 1.807) is 0 Å². The Morgan fingerprint density at radius 2 is 1.58 bits per heavy atom. The number of rotatable bonds is 4. The smallest absolute Gasteiger partial charge is 0.171 e. The van der Waals surface area contributed by atoms with Crippen molar-refractivity contribution >= 4 is 18.5 Å². The third-order valence-corrected chi connectivity index (χ3v) is 7.97. The highest BCUT2D eigenvalue weighted by molar-refractivity contribution is 7.20. The van der Waals surface area contributed by atoms with Gasteiger partial charge < -0.3 is 0 Å². The number of halogens is 4. The molecular formula is C7H14ClF3Si. The molecule has 74 valence electrons. The average molecular weight is 219 g/mol. The summed E-state index contributed by atoms with van der Waals surface area (Å²) in [5.41, 5.74) is 0. The summed E-state index contributed by atoms with van der Waals surface area (Å²) < 4.78 is 35.5. The van der Waals surface area contributed by atoms with Crippen LogP contribution in [-0.2, 0) is 0 Å². The molecule has 0 spiro atoms. The Balaban J connectivity index is 3.89. The first-order chi connectivity index (χ1) is 5.33. The van der Waals surface area contributed by atoms with E-state index in [4.69, 9.17) is 11.1 Å². The van der Waals surface area contributed by atoms with Crippen LogP contribution < -0.4 is 0 Å². The third-order valence-electron chi connectivity index (χ3n) is 2.12. The van der Waals surface area contributed by atoms with E-state index in [-0.39, 0.29) is 6.04 Å². The molecule has 0 unspecified atom stereocenters. The summed E-state index contributed by atoms with van der Waals surface area (Å²) in [6, 6.07) is 1.60. The SMILES string of the molecule is CC[Si](Cl)(CC)CCC(F)(F)F. The predicted molar refractivity (Wildman–Crippen MR) is 48.0 cm³/mol. The van der Waals surface area contributed by atoms with E-state index in [2.05, 4.69) is 0 Å². The molecule has 5 heteroatoms. The van der Waals surface area contributed by atoms with Crippen LogP contribution in [-0.4, -0.2) is 13.6 Å². The monoisotopic (exact) mass is 218 g/mol. The molecule has 0 aromatic rings. The highest BCUT2D eigenvalue weighted by Gasteiger charge is 2.34. The van der Waals surface area contributed by atoms with Crippen LogP contribution in [0, 0.1) is 0 Å². The van der Waals surface area contributed by atoms with Crippen LogP contribution in [0.4, 0.5) is 13.2 Å². The Hall–Kier alpha value is 0.297. The van der Waals surface area contributed by atoms with Gasteiger partial charge in [-0.3, -0.25) is 0 Å². The Bertz CT molecular complexity index is 131. The van der Waals surface area contributed by atoms with Crippen LogP contribution in [0.5, 0.6) is 0 Å². The van der Waals surface area contributed by atoms with Gasteiger partial charge in [-0.05, 0) is 18.1 Å². The second kappa shape index (κ2) is 4.51. The third kappa shape index (κ3) is 5.03. The maximum absolute atomic E-state index is 11.8. The normalized spacial score (nSPS) is 13.5. The summed E-state index contributed by atoms with van der Waals surface area (Å²) in [4.78, 5) is 0. The van der Waals surface area contributed by atoms with Gasteiger partial charge in [-0.2, -0.15) is 24.3 Å². The number of hydrogen-bond donors (Lipinski definition) is 0. The highest BCUT2D eigenvalue weighted by atomic mass is 35.6. The molecule has 0 fully saturated rings. The number of hydrogen-bond acceptors (Lipinski definition) is 0. The maximum Gasteiger partial charge on any atom is 0.388 e.